The summed E-state index contributed by atoms with van der Waals surface area (Å²) < 4.78 is 28.0. The molecule has 0 N–H and O–H groups in total. The van der Waals surface area contributed by atoms with Crippen molar-refractivity contribution >= 4 is 16.1 Å². The minimum atomic E-state index is -3.37. The molecule has 1 heterocycles. The zero-order valence-corrected chi connectivity index (χ0v) is 14.4. The highest BCUT2D eigenvalue weighted by molar-refractivity contribution is 7.86. The molecule has 0 unspecified atom stereocenters. The molecule has 8 heteroatoms. The normalized spacial score (nSPS) is 18.7. The first-order chi connectivity index (χ1) is 9.82. The van der Waals surface area contributed by atoms with Gasteiger partial charge in [0.2, 0.25) is 5.91 Å². The van der Waals surface area contributed by atoms with Gasteiger partial charge in [-0.3, -0.25) is 9.69 Å². The molecule has 1 amide bonds. The molecule has 124 valence electrons. The van der Waals surface area contributed by atoms with E-state index >= 15 is 0 Å². The van der Waals surface area contributed by atoms with E-state index in [1.165, 1.54) is 4.31 Å². The van der Waals surface area contributed by atoms with Gasteiger partial charge in [-0.05, 0) is 13.0 Å². The maximum atomic E-state index is 12.5. The minimum absolute atomic E-state index is 0.0510. The molecule has 0 aromatic rings. The largest absolute Gasteiger partial charge is 0.348 e. The fourth-order valence-electron chi connectivity index (χ4n) is 2.38. The van der Waals surface area contributed by atoms with E-state index < -0.39 is 10.2 Å². The Morgan fingerprint density at radius 1 is 1.05 bits per heavy atom. The van der Waals surface area contributed by atoms with Gasteiger partial charge in [-0.1, -0.05) is 13.8 Å². The summed E-state index contributed by atoms with van der Waals surface area (Å²) in [6.45, 7) is 7.33. The SMILES string of the molecule is CCN(CC)S(=O)(=O)N1CCCN(CC(=O)N(C)C)CC1. The van der Waals surface area contributed by atoms with Crippen molar-refractivity contribution in [2.45, 2.75) is 20.3 Å². The third kappa shape index (κ3) is 4.91. The van der Waals surface area contributed by atoms with E-state index in [0.29, 0.717) is 39.3 Å². The van der Waals surface area contributed by atoms with Crippen LogP contribution in [0.15, 0.2) is 0 Å². The molecule has 1 aliphatic rings. The molecule has 1 aliphatic heterocycles. The highest BCUT2D eigenvalue weighted by Gasteiger charge is 2.29. The van der Waals surface area contributed by atoms with Gasteiger partial charge >= 0.3 is 0 Å². The van der Waals surface area contributed by atoms with E-state index in [1.54, 1.807) is 23.3 Å². The minimum Gasteiger partial charge on any atom is -0.348 e. The van der Waals surface area contributed by atoms with Crippen molar-refractivity contribution in [3.8, 4) is 0 Å². The van der Waals surface area contributed by atoms with Crippen LogP contribution in [0.3, 0.4) is 0 Å². The lowest BCUT2D eigenvalue weighted by atomic mass is 10.4. The fourth-order valence-corrected chi connectivity index (χ4v) is 4.03. The molecule has 0 aromatic carbocycles. The molecule has 7 nitrogen and oxygen atoms in total. The van der Waals surface area contributed by atoms with E-state index in [0.717, 1.165) is 13.0 Å². The van der Waals surface area contributed by atoms with E-state index in [9.17, 15) is 13.2 Å². The summed E-state index contributed by atoms with van der Waals surface area (Å²) in [5.74, 6) is 0.0510. The Bertz CT molecular complexity index is 435. The Labute approximate surface area is 128 Å². The number of nitrogens with zero attached hydrogens (tertiary/aromatic N) is 4. The van der Waals surface area contributed by atoms with Crippen LogP contribution >= 0.6 is 0 Å². The van der Waals surface area contributed by atoms with Gasteiger partial charge in [-0.15, -0.1) is 0 Å². The van der Waals surface area contributed by atoms with Crippen molar-refractivity contribution in [2.24, 2.45) is 0 Å². The molecule has 0 atom stereocenters. The smallest absolute Gasteiger partial charge is 0.281 e. The number of carbonyl (C=O) groups excluding carboxylic acids is 1. The first-order valence-corrected chi connectivity index (χ1v) is 8.90. The first-order valence-electron chi connectivity index (χ1n) is 7.50. The van der Waals surface area contributed by atoms with E-state index in [1.807, 2.05) is 18.7 Å². The Morgan fingerprint density at radius 2 is 1.67 bits per heavy atom. The predicted octanol–water partition coefficient (Wildman–Crippen LogP) is -0.331. The van der Waals surface area contributed by atoms with Gasteiger partial charge in [0.25, 0.3) is 10.2 Å². The highest BCUT2D eigenvalue weighted by Crippen LogP contribution is 2.12. The first kappa shape index (κ1) is 18.3. The lowest BCUT2D eigenvalue weighted by Gasteiger charge is -2.27. The highest BCUT2D eigenvalue weighted by atomic mass is 32.2. The molecule has 0 saturated carbocycles. The molecule has 0 spiro atoms. The maximum absolute atomic E-state index is 12.5. The summed E-state index contributed by atoms with van der Waals surface area (Å²) in [6.07, 6.45) is 0.751. The third-order valence-electron chi connectivity index (χ3n) is 3.76. The van der Waals surface area contributed by atoms with Crippen LogP contribution in [0.25, 0.3) is 0 Å². The van der Waals surface area contributed by atoms with Crippen LogP contribution in [-0.2, 0) is 15.0 Å². The molecule has 0 aliphatic carbocycles. The molecule has 21 heavy (non-hydrogen) atoms. The number of rotatable bonds is 6. The molecule has 0 aromatic heterocycles. The van der Waals surface area contributed by atoms with Gasteiger partial charge in [0, 0.05) is 46.8 Å². The fraction of sp³-hybridized carbons (Fsp3) is 0.923. The van der Waals surface area contributed by atoms with Gasteiger partial charge < -0.3 is 4.90 Å². The van der Waals surface area contributed by atoms with Crippen molar-refractivity contribution in [1.82, 2.24) is 18.4 Å². The number of carbonyl (C=O) groups is 1. The Balaban J connectivity index is 2.66. The number of amides is 1. The van der Waals surface area contributed by atoms with Gasteiger partial charge in [0.05, 0.1) is 6.54 Å². The summed E-state index contributed by atoms with van der Waals surface area (Å²) in [5, 5.41) is 0. The zero-order chi connectivity index (χ0) is 16.0. The standard InChI is InChI=1S/C13H28N4O3S/c1-5-16(6-2)21(19,20)17-9-7-8-15(10-11-17)12-13(18)14(3)4/h5-12H2,1-4H3. The molecular weight excluding hydrogens is 292 g/mol. The van der Waals surface area contributed by atoms with Crippen molar-refractivity contribution in [3.05, 3.63) is 0 Å². The summed E-state index contributed by atoms with van der Waals surface area (Å²) in [6, 6.07) is 0. The molecule has 1 fully saturated rings. The van der Waals surface area contributed by atoms with Crippen LogP contribution in [0, 0.1) is 0 Å². The van der Waals surface area contributed by atoms with Crippen LogP contribution in [0.2, 0.25) is 0 Å². The van der Waals surface area contributed by atoms with Gasteiger partial charge in [-0.25, -0.2) is 0 Å². The number of hydrogen-bond acceptors (Lipinski definition) is 4. The van der Waals surface area contributed by atoms with Crippen LogP contribution in [-0.4, -0.2) is 92.6 Å². The molecule has 0 bridgehead atoms. The van der Waals surface area contributed by atoms with Crippen molar-refractivity contribution in [2.75, 3.05) is 59.9 Å². The summed E-state index contributed by atoms with van der Waals surface area (Å²) in [5.41, 5.74) is 0. The Kier molecular flexibility index (Phi) is 7.05. The quantitative estimate of drug-likeness (QED) is 0.672. The molecular formula is C13H28N4O3S. The Morgan fingerprint density at radius 3 is 2.19 bits per heavy atom. The summed E-state index contributed by atoms with van der Waals surface area (Å²) in [4.78, 5) is 15.3. The number of likely N-dealkylation sites (N-methyl/N-ethyl adjacent to an activating group) is 1. The second-order valence-corrected chi connectivity index (χ2v) is 7.34. The van der Waals surface area contributed by atoms with E-state index in [4.69, 9.17) is 0 Å². The van der Waals surface area contributed by atoms with Gasteiger partial charge in [0.15, 0.2) is 0 Å². The lowest BCUT2D eigenvalue weighted by Crippen LogP contribution is -2.45. The van der Waals surface area contributed by atoms with Crippen LogP contribution in [0.5, 0.6) is 0 Å². The van der Waals surface area contributed by atoms with Crippen LogP contribution in [0.4, 0.5) is 0 Å². The van der Waals surface area contributed by atoms with E-state index in [-0.39, 0.29) is 5.91 Å². The second kappa shape index (κ2) is 8.07. The molecule has 0 radical (unpaired) electrons. The summed E-state index contributed by atoms with van der Waals surface area (Å²) >= 11 is 0. The predicted molar refractivity (Wildman–Crippen MR) is 83.2 cm³/mol. The average Bonchev–Trinajstić information content (AvgIpc) is 2.65. The van der Waals surface area contributed by atoms with Crippen LogP contribution < -0.4 is 0 Å². The van der Waals surface area contributed by atoms with E-state index in [2.05, 4.69) is 0 Å². The van der Waals surface area contributed by atoms with Gasteiger partial charge in [-0.2, -0.15) is 17.0 Å². The summed E-state index contributed by atoms with van der Waals surface area (Å²) in [7, 11) is 0.0957. The zero-order valence-electron chi connectivity index (χ0n) is 13.6. The van der Waals surface area contributed by atoms with Crippen molar-refractivity contribution in [1.29, 1.82) is 0 Å². The maximum Gasteiger partial charge on any atom is 0.281 e. The average molecular weight is 320 g/mol. The lowest BCUT2D eigenvalue weighted by molar-refractivity contribution is -0.129. The van der Waals surface area contributed by atoms with Crippen molar-refractivity contribution in [3.63, 3.8) is 0 Å². The topological polar surface area (TPSA) is 64.2 Å². The number of hydrogen-bond donors (Lipinski definition) is 0. The van der Waals surface area contributed by atoms with Crippen LogP contribution in [0.1, 0.15) is 20.3 Å². The molecule has 1 saturated heterocycles. The van der Waals surface area contributed by atoms with Gasteiger partial charge in [0.1, 0.15) is 0 Å². The monoisotopic (exact) mass is 320 g/mol. The molecule has 1 rings (SSSR count). The van der Waals surface area contributed by atoms with Crippen molar-refractivity contribution < 1.29 is 13.2 Å². The third-order valence-corrected chi connectivity index (χ3v) is 5.95. The second-order valence-electron chi connectivity index (χ2n) is 5.41. The Hall–Kier alpha value is -0.700.